The van der Waals surface area contributed by atoms with Crippen LogP contribution in [-0.4, -0.2) is 51.0 Å². The van der Waals surface area contributed by atoms with Crippen LogP contribution in [0.1, 0.15) is 25.3 Å². The highest BCUT2D eigenvalue weighted by Crippen LogP contribution is 2.22. The molecule has 0 amide bonds. The molecule has 0 unspecified atom stereocenters. The third kappa shape index (κ3) is 4.95. The molecular formula is C16H27N3O2. The van der Waals surface area contributed by atoms with Crippen LogP contribution >= 0.6 is 0 Å². The molecule has 1 aromatic heterocycles. The van der Waals surface area contributed by atoms with E-state index in [1.165, 1.54) is 5.56 Å². The molecule has 5 nitrogen and oxygen atoms in total. The van der Waals surface area contributed by atoms with Gasteiger partial charge in [-0.2, -0.15) is 0 Å². The summed E-state index contributed by atoms with van der Waals surface area (Å²) in [6.07, 6.45) is 4.46. The van der Waals surface area contributed by atoms with Gasteiger partial charge in [0.1, 0.15) is 5.82 Å². The zero-order valence-electron chi connectivity index (χ0n) is 13.2. The molecule has 1 N–H and O–H groups in total. The second-order valence-electron chi connectivity index (χ2n) is 5.30. The highest BCUT2D eigenvalue weighted by Gasteiger charge is 2.21. The van der Waals surface area contributed by atoms with Crippen molar-refractivity contribution in [2.75, 3.05) is 44.9 Å². The van der Waals surface area contributed by atoms with Gasteiger partial charge >= 0.3 is 0 Å². The zero-order valence-corrected chi connectivity index (χ0v) is 13.2. The van der Waals surface area contributed by atoms with Gasteiger partial charge in [0.15, 0.2) is 0 Å². The van der Waals surface area contributed by atoms with E-state index in [2.05, 4.69) is 28.2 Å². The average molecular weight is 293 g/mol. The number of rotatable bonds is 8. The van der Waals surface area contributed by atoms with Crippen LogP contribution in [0.4, 0.5) is 5.82 Å². The number of hydrogen-bond acceptors (Lipinski definition) is 5. The summed E-state index contributed by atoms with van der Waals surface area (Å²) in [5, 5.41) is 3.39. The van der Waals surface area contributed by atoms with E-state index >= 15 is 0 Å². The lowest BCUT2D eigenvalue weighted by molar-refractivity contribution is 0.0458. The number of ether oxygens (including phenoxy) is 2. The van der Waals surface area contributed by atoms with Crippen LogP contribution in [0, 0.1) is 0 Å². The smallest absolute Gasteiger partial charge is 0.133 e. The lowest BCUT2D eigenvalue weighted by Gasteiger charge is -2.33. The summed E-state index contributed by atoms with van der Waals surface area (Å²) in [4.78, 5) is 6.96. The maximum atomic E-state index is 5.72. The summed E-state index contributed by atoms with van der Waals surface area (Å²) in [7, 11) is 1.72. The van der Waals surface area contributed by atoms with Crippen molar-refractivity contribution in [3.05, 3.63) is 23.9 Å². The Bertz CT molecular complexity index is 406. The van der Waals surface area contributed by atoms with Crippen molar-refractivity contribution in [2.45, 2.75) is 32.4 Å². The molecule has 1 fully saturated rings. The minimum atomic E-state index is 0.415. The van der Waals surface area contributed by atoms with Gasteiger partial charge in [0.05, 0.1) is 12.7 Å². The molecule has 0 aromatic carbocycles. The van der Waals surface area contributed by atoms with Crippen molar-refractivity contribution in [1.82, 2.24) is 10.3 Å². The Morgan fingerprint density at radius 1 is 1.38 bits per heavy atom. The predicted molar refractivity (Wildman–Crippen MR) is 84.7 cm³/mol. The van der Waals surface area contributed by atoms with Crippen molar-refractivity contribution in [1.29, 1.82) is 0 Å². The van der Waals surface area contributed by atoms with Crippen LogP contribution < -0.4 is 10.2 Å². The zero-order chi connectivity index (χ0) is 14.9. The molecule has 0 bridgehead atoms. The monoisotopic (exact) mass is 293 g/mol. The number of hydrogen-bond donors (Lipinski definition) is 1. The van der Waals surface area contributed by atoms with Gasteiger partial charge in [-0.3, -0.25) is 0 Å². The Labute approximate surface area is 127 Å². The molecule has 5 heteroatoms. The summed E-state index contributed by atoms with van der Waals surface area (Å²) in [6.45, 7) is 7.34. The van der Waals surface area contributed by atoms with Crippen molar-refractivity contribution >= 4 is 5.82 Å². The molecule has 1 aliphatic heterocycles. The molecular weight excluding hydrogens is 266 g/mol. The third-order valence-electron chi connectivity index (χ3n) is 3.81. The summed E-state index contributed by atoms with van der Waals surface area (Å²) in [5.74, 6) is 1.11. The van der Waals surface area contributed by atoms with Crippen molar-refractivity contribution in [2.24, 2.45) is 0 Å². The highest BCUT2D eigenvalue weighted by molar-refractivity contribution is 5.47. The van der Waals surface area contributed by atoms with Gasteiger partial charge in [-0.15, -0.1) is 0 Å². The molecule has 0 atom stereocenters. The van der Waals surface area contributed by atoms with Crippen molar-refractivity contribution < 1.29 is 9.47 Å². The second kappa shape index (κ2) is 8.97. The number of anilines is 1. The minimum absolute atomic E-state index is 0.415. The number of aromatic nitrogens is 1. The van der Waals surface area contributed by atoms with E-state index in [0.717, 1.165) is 58.1 Å². The predicted octanol–water partition coefficient (Wildman–Crippen LogP) is 1.82. The van der Waals surface area contributed by atoms with Crippen LogP contribution in [-0.2, 0) is 16.0 Å². The lowest BCUT2D eigenvalue weighted by Crippen LogP contribution is -2.38. The standard InChI is InChI=1S/C16H27N3O2/c1-3-21-15-6-10-19(11-7-15)16-14(5-4-8-18-16)13-17-9-12-20-2/h4-5,8,15,17H,3,6-7,9-13H2,1-2H3. The second-order valence-corrected chi connectivity index (χ2v) is 5.30. The van der Waals surface area contributed by atoms with Crippen molar-refractivity contribution in [3.8, 4) is 0 Å². The fraction of sp³-hybridized carbons (Fsp3) is 0.688. The fourth-order valence-corrected chi connectivity index (χ4v) is 2.72. The van der Waals surface area contributed by atoms with Gasteiger partial charge in [0, 0.05) is 51.7 Å². The number of nitrogens with zero attached hydrogens (tertiary/aromatic N) is 2. The van der Waals surface area contributed by atoms with E-state index in [0.29, 0.717) is 6.10 Å². The molecule has 21 heavy (non-hydrogen) atoms. The van der Waals surface area contributed by atoms with Gasteiger partial charge in [-0.05, 0) is 25.8 Å². The van der Waals surface area contributed by atoms with Crippen molar-refractivity contribution in [3.63, 3.8) is 0 Å². The van der Waals surface area contributed by atoms with Crippen LogP contribution in [0.5, 0.6) is 0 Å². The van der Waals surface area contributed by atoms with Gasteiger partial charge in [0.25, 0.3) is 0 Å². The Morgan fingerprint density at radius 3 is 2.90 bits per heavy atom. The molecule has 0 aliphatic carbocycles. The normalized spacial score (nSPS) is 16.4. The summed E-state index contributed by atoms with van der Waals surface area (Å²) in [5.41, 5.74) is 1.25. The van der Waals surface area contributed by atoms with E-state index in [-0.39, 0.29) is 0 Å². The first kappa shape index (κ1) is 16.2. The van der Waals surface area contributed by atoms with E-state index < -0.39 is 0 Å². The molecule has 1 aromatic rings. The minimum Gasteiger partial charge on any atom is -0.383 e. The highest BCUT2D eigenvalue weighted by atomic mass is 16.5. The SMILES string of the molecule is CCOC1CCN(c2ncccc2CNCCOC)CC1. The molecule has 2 rings (SSSR count). The Kier molecular flexibility index (Phi) is 6.92. The number of piperidine rings is 1. The van der Waals surface area contributed by atoms with Gasteiger partial charge in [-0.1, -0.05) is 6.07 Å². The summed E-state index contributed by atoms with van der Waals surface area (Å²) < 4.78 is 10.8. The first-order valence-electron chi connectivity index (χ1n) is 7.85. The lowest BCUT2D eigenvalue weighted by atomic mass is 10.1. The molecule has 2 heterocycles. The molecule has 118 valence electrons. The quantitative estimate of drug-likeness (QED) is 0.741. The molecule has 0 saturated carbocycles. The molecule has 1 aliphatic rings. The first-order chi connectivity index (χ1) is 10.3. The number of pyridine rings is 1. The summed E-state index contributed by atoms with van der Waals surface area (Å²) in [6, 6.07) is 4.15. The average Bonchev–Trinajstić information content (AvgIpc) is 2.53. The van der Waals surface area contributed by atoms with Crippen LogP contribution in [0.15, 0.2) is 18.3 Å². The molecule has 0 spiro atoms. The van der Waals surface area contributed by atoms with E-state index in [4.69, 9.17) is 9.47 Å². The fourth-order valence-electron chi connectivity index (χ4n) is 2.72. The van der Waals surface area contributed by atoms with E-state index in [1.807, 2.05) is 12.3 Å². The third-order valence-corrected chi connectivity index (χ3v) is 3.81. The van der Waals surface area contributed by atoms with Crippen LogP contribution in [0.3, 0.4) is 0 Å². The van der Waals surface area contributed by atoms with E-state index in [9.17, 15) is 0 Å². The Hall–Kier alpha value is -1.17. The maximum Gasteiger partial charge on any atom is 0.133 e. The topological polar surface area (TPSA) is 46.6 Å². The van der Waals surface area contributed by atoms with Crippen LogP contribution in [0.2, 0.25) is 0 Å². The van der Waals surface area contributed by atoms with E-state index in [1.54, 1.807) is 7.11 Å². The first-order valence-corrected chi connectivity index (χ1v) is 7.85. The maximum absolute atomic E-state index is 5.72. The van der Waals surface area contributed by atoms with Crippen LogP contribution in [0.25, 0.3) is 0 Å². The number of nitrogens with one attached hydrogen (secondary N) is 1. The number of methoxy groups -OCH3 is 1. The van der Waals surface area contributed by atoms with Gasteiger partial charge in [0.2, 0.25) is 0 Å². The van der Waals surface area contributed by atoms with Gasteiger partial charge in [-0.25, -0.2) is 4.98 Å². The van der Waals surface area contributed by atoms with Gasteiger partial charge < -0.3 is 19.7 Å². The molecule has 1 saturated heterocycles. The molecule has 0 radical (unpaired) electrons. The Balaban J connectivity index is 1.90. The summed E-state index contributed by atoms with van der Waals surface area (Å²) >= 11 is 0. The Morgan fingerprint density at radius 2 is 2.19 bits per heavy atom. The largest absolute Gasteiger partial charge is 0.383 e.